The number of halogens is 5. The van der Waals surface area contributed by atoms with E-state index in [2.05, 4.69) is 15.7 Å². The number of rotatable bonds is 4. The number of benzene rings is 1. The summed E-state index contributed by atoms with van der Waals surface area (Å²) < 4.78 is 59.8. The van der Waals surface area contributed by atoms with Gasteiger partial charge in [0.2, 0.25) is 5.89 Å². The minimum absolute atomic E-state index is 0. The standard InChI is InChI=1S/C16H18F4N4O2.ClH/c1-9(15(17)4-6-21-7-5-15)22-12-8-10(13-23-24-14(25)26-13)2-3-11(12)16(18,19)20;/h2-3,8-9,21-22H,4-7H2,1H3,(H,24,25);1H/t9-;/m0./s1. The van der Waals surface area contributed by atoms with Gasteiger partial charge in [-0.05, 0) is 51.1 Å². The average Bonchev–Trinajstić information content (AvgIpc) is 3.01. The quantitative estimate of drug-likeness (QED) is 0.673. The maximum atomic E-state index is 15.0. The second-order valence-electron chi connectivity index (χ2n) is 6.33. The minimum atomic E-state index is -4.62. The van der Waals surface area contributed by atoms with Crippen molar-refractivity contribution in [1.82, 2.24) is 15.5 Å². The summed E-state index contributed by atoms with van der Waals surface area (Å²) in [4.78, 5) is 11.1. The third-order valence-electron chi connectivity index (χ3n) is 4.59. The second kappa shape index (κ2) is 7.89. The molecule has 0 aliphatic carbocycles. The summed E-state index contributed by atoms with van der Waals surface area (Å²) in [7, 11) is 0. The van der Waals surface area contributed by atoms with Crippen molar-refractivity contribution in [1.29, 1.82) is 0 Å². The van der Waals surface area contributed by atoms with Gasteiger partial charge in [-0.15, -0.1) is 17.5 Å². The number of aromatic nitrogens is 2. The molecule has 27 heavy (non-hydrogen) atoms. The monoisotopic (exact) mass is 410 g/mol. The summed E-state index contributed by atoms with van der Waals surface area (Å²) in [6.45, 7) is 2.45. The first-order valence-corrected chi connectivity index (χ1v) is 8.12. The molecule has 1 fully saturated rings. The van der Waals surface area contributed by atoms with E-state index in [0.29, 0.717) is 13.1 Å². The van der Waals surface area contributed by atoms with Crippen LogP contribution in [0.25, 0.3) is 11.5 Å². The maximum absolute atomic E-state index is 15.0. The van der Waals surface area contributed by atoms with Crippen molar-refractivity contribution in [2.24, 2.45) is 0 Å². The molecule has 2 heterocycles. The zero-order valence-corrected chi connectivity index (χ0v) is 15.1. The van der Waals surface area contributed by atoms with Gasteiger partial charge in [0.25, 0.3) is 0 Å². The highest BCUT2D eigenvalue weighted by Gasteiger charge is 2.40. The average molecular weight is 411 g/mol. The number of aromatic amines is 1. The molecule has 1 aliphatic rings. The molecule has 3 N–H and O–H groups in total. The van der Waals surface area contributed by atoms with Crippen LogP contribution in [0.4, 0.5) is 23.2 Å². The lowest BCUT2D eigenvalue weighted by Crippen LogP contribution is -2.48. The lowest BCUT2D eigenvalue weighted by atomic mass is 9.87. The molecule has 0 unspecified atom stereocenters. The lowest BCUT2D eigenvalue weighted by molar-refractivity contribution is -0.137. The Morgan fingerprint density at radius 1 is 1.30 bits per heavy atom. The zero-order valence-electron chi connectivity index (χ0n) is 14.3. The van der Waals surface area contributed by atoms with Gasteiger partial charge in [0.1, 0.15) is 5.67 Å². The molecule has 1 aromatic carbocycles. The van der Waals surface area contributed by atoms with Crippen LogP contribution in [0, 0.1) is 0 Å². The van der Waals surface area contributed by atoms with E-state index in [1.165, 1.54) is 6.92 Å². The molecule has 150 valence electrons. The molecule has 2 aromatic rings. The largest absolute Gasteiger partial charge is 0.434 e. The van der Waals surface area contributed by atoms with E-state index in [0.717, 1.165) is 18.2 Å². The summed E-state index contributed by atoms with van der Waals surface area (Å²) >= 11 is 0. The highest BCUT2D eigenvalue weighted by atomic mass is 35.5. The van der Waals surface area contributed by atoms with E-state index in [1.54, 1.807) is 0 Å². The van der Waals surface area contributed by atoms with Gasteiger partial charge in [-0.3, -0.25) is 0 Å². The summed E-state index contributed by atoms with van der Waals surface area (Å²) in [5.74, 6) is -0.962. The first kappa shape index (κ1) is 21.2. The van der Waals surface area contributed by atoms with Crippen molar-refractivity contribution < 1.29 is 22.0 Å². The third kappa shape index (κ3) is 4.62. The Bertz CT molecular complexity index is 830. The van der Waals surface area contributed by atoms with Crippen molar-refractivity contribution in [3.63, 3.8) is 0 Å². The summed E-state index contributed by atoms with van der Waals surface area (Å²) in [5, 5.41) is 11.3. The molecule has 0 bridgehead atoms. The summed E-state index contributed by atoms with van der Waals surface area (Å²) in [6.07, 6.45) is -4.21. The van der Waals surface area contributed by atoms with E-state index in [1.807, 2.05) is 5.10 Å². The molecule has 0 radical (unpaired) electrons. The van der Waals surface area contributed by atoms with Gasteiger partial charge in [0.15, 0.2) is 0 Å². The van der Waals surface area contributed by atoms with Crippen LogP contribution in [-0.2, 0) is 6.18 Å². The Hall–Kier alpha value is -2.07. The topological polar surface area (TPSA) is 83.0 Å². The Kier molecular flexibility index (Phi) is 6.21. The molecule has 0 spiro atoms. The van der Waals surface area contributed by atoms with E-state index in [9.17, 15) is 18.0 Å². The van der Waals surface area contributed by atoms with Crippen molar-refractivity contribution >= 4 is 18.1 Å². The highest BCUT2D eigenvalue weighted by molar-refractivity contribution is 5.85. The number of alkyl halides is 4. The molecular weight excluding hydrogens is 392 g/mol. The predicted octanol–water partition coefficient (Wildman–Crippen LogP) is 3.36. The molecule has 1 saturated heterocycles. The first-order valence-electron chi connectivity index (χ1n) is 8.12. The molecule has 1 atom stereocenters. The van der Waals surface area contributed by atoms with Crippen LogP contribution in [0.3, 0.4) is 0 Å². The van der Waals surface area contributed by atoms with Crippen molar-refractivity contribution in [2.75, 3.05) is 18.4 Å². The van der Waals surface area contributed by atoms with Gasteiger partial charge in [0, 0.05) is 11.3 Å². The minimum Gasteiger partial charge on any atom is -0.388 e. The fraction of sp³-hybridized carbons (Fsp3) is 0.500. The molecule has 6 nitrogen and oxygen atoms in total. The fourth-order valence-electron chi connectivity index (χ4n) is 3.04. The van der Waals surface area contributed by atoms with E-state index < -0.39 is 29.2 Å². The summed E-state index contributed by atoms with van der Waals surface area (Å²) in [5.41, 5.74) is -2.67. The van der Waals surface area contributed by atoms with Crippen molar-refractivity contribution in [3.05, 3.63) is 34.3 Å². The van der Waals surface area contributed by atoms with Crippen LogP contribution in [0.15, 0.2) is 27.4 Å². The van der Waals surface area contributed by atoms with Gasteiger partial charge < -0.3 is 15.1 Å². The van der Waals surface area contributed by atoms with Crippen LogP contribution >= 0.6 is 12.4 Å². The Balaban J connectivity index is 0.00000261. The van der Waals surface area contributed by atoms with Gasteiger partial charge in [-0.1, -0.05) is 0 Å². The van der Waals surface area contributed by atoms with Crippen LogP contribution < -0.4 is 16.4 Å². The lowest BCUT2D eigenvalue weighted by Gasteiger charge is -2.36. The number of hydrogen-bond acceptors (Lipinski definition) is 5. The van der Waals surface area contributed by atoms with Crippen LogP contribution in [0.2, 0.25) is 0 Å². The van der Waals surface area contributed by atoms with Crippen molar-refractivity contribution in [3.8, 4) is 11.5 Å². The number of nitrogens with one attached hydrogen (secondary N) is 3. The predicted molar refractivity (Wildman–Crippen MR) is 93.8 cm³/mol. The highest BCUT2D eigenvalue weighted by Crippen LogP contribution is 2.38. The van der Waals surface area contributed by atoms with E-state index in [4.69, 9.17) is 4.42 Å². The SMILES string of the molecule is C[C@H](Nc1cc(-c2n[nH]c(=O)o2)ccc1C(F)(F)F)C1(F)CCNCC1.Cl. The number of nitrogens with zero attached hydrogens (tertiary/aromatic N) is 1. The fourth-order valence-corrected chi connectivity index (χ4v) is 3.04. The van der Waals surface area contributed by atoms with Gasteiger partial charge in [0.05, 0.1) is 11.6 Å². The number of H-pyrrole nitrogens is 1. The van der Waals surface area contributed by atoms with Crippen LogP contribution in [0.1, 0.15) is 25.3 Å². The number of hydrogen-bond donors (Lipinski definition) is 3. The number of anilines is 1. The van der Waals surface area contributed by atoms with Crippen LogP contribution in [0.5, 0.6) is 0 Å². The molecule has 1 aromatic heterocycles. The Labute approximate surface area is 158 Å². The van der Waals surface area contributed by atoms with E-state index in [-0.39, 0.29) is 42.4 Å². The molecular formula is C16H19ClF4N4O2. The first-order chi connectivity index (χ1) is 12.2. The normalized spacial score (nSPS) is 17.8. The summed E-state index contributed by atoms with van der Waals surface area (Å²) in [6, 6.07) is 2.31. The molecule has 0 amide bonds. The smallest absolute Gasteiger partial charge is 0.388 e. The van der Waals surface area contributed by atoms with E-state index >= 15 is 4.39 Å². The Morgan fingerprint density at radius 2 is 1.96 bits per heavy atom. The van der Waals surface area contributed by atoms with Crippen LogP contribution in [-0.4, -0.2) is 35.0 Å². The van der Waals surface area contributed by atoms with Crippen molar-refractivity contribution in [2.45, 2.75) is 37.7 Å². The Morgan fingerprint density at radius 3 is 2.52 bits per heavy atom. The van der Waals surface area contributed by atoms with Gasteiger partial charge >= 0.3 is 11.9 Å². The third-order valence-corrected chi connectivity index (χ3v) is 4.59. The van der Waals surface area contributed by atoms with Gasteiger partial charge in [-0.25, -0.2) is 14.3 Å². The second-order valence-corrected chi connectivity index (χ2v) is 6.33. The number of piperidine rings is 1. The van der Waals surface area contributed by atoms with Gasteiger partial charge in [-0.2, -0.15) is 13.2 Å². The molecule has 11 heteroatoms. The molecule has 0 saturated carbocycles. The molecule has 1 aliphatic heterocycles. The molecule has 3 rings (SSSR count). The maximum Gasteiger partial charge on any atom is 0.434 e. The zero-order chi connectivity index (χ0) is 18.9.